The van der Waals surface area contributed by atoms with Crippen LogP contribution < -0.4 is 5.73 Å². The second-order valence-corrected chi connectivity index (χ2v) is 6.06. The van der Waals surface area contributed by atoms with Crippen LogP contribution in [-0.2, 0) is 9.59 Å². The standard InChI is InChI=1S/C14H26N2O2S/c1-19-10-14(18)13(8-4-5-9-15)16(11-17)12-6-2-3-7-12/h11-13H,2-10,15H2,1H3/t13-/m0/s1. The van der Waals surface area contributed by atoms with Crippen LogP contribution in [0.3, 0.4) is 0 Å². The van der Waals surface area contributed by atoms with E-state index in [1.807, 2.05) is 6.26 Å². The maximum absolute atomic E-state index is 12.2. The lowest BCUT2D eigenvalue weighted by atomic mass is 10.0. The number of thioether (sulfide) groups is 1. The van der Waals surface area contributed by atoms with Gasteiger partial charge in [-0.25, -0.2) is 0 Å². The van der Waals surface area contributed by atoms with Gasteiger partial charge >= 0.3 is 0 Å². The summed E-state index contributed by atoms with van der Waals surface area (Å²) in [6.07, 6.45) is 9.82. The number of rotatable bonds is 10. The molecule has 1 amide bonds. The van der Waals surface area contributed by atoms with Crippen molar-refractivity contribution in [2.75, 3.05) is 18.6 Å². The van der Waals surface area contributed by atoms with Crippen molar-refractivity contribution < 1.29 is 9.59 Å². The summed E-state index contributed by atoms with van der Waals surface area (Å²) in [6, 6.07) is 0.0331. The van der Waals surface area contributed by atoms with Gasteiger partial charge in [-0.05, 0) is 44.9 Å². The van der Waals surface area contributed by atoms with E-state index in [0.29, 0.717) is 12.3 Å². The molecule has 1 fully saturated rings. The molecule has 0 aromatic rings. The third-order valence-electron chi connectivity index (χ3n) is 3.82. The van der Waals surface area contributed by atoms with Crippen molar-refractivity contribution in [1.29, 1.82) is 0 Å². The van der Waals surface area contributed by atoms with E-state index < -0.39 is 0 Å². The lowest BCUT2D eigenvalue weighted by molar-refractivity contribution is -0.132. The Balaban J connectivity index is 2.67. The van der Waals surface area contributed by atoms with E-state index in [4.69, 9.17) is 5.73 Å². The van der Waals surface area contributed by atoms with E-state index in [2.05, 4.69) is 0 Å². The SMILES string of the molecule is CSCC(=O)[C@H](CCCCN)N(C=O)C1CCCC1. The Bertz CT molecular complexity index is 281. The van der Waals surface area contributed by atoms with Crippen LogP contribution >= 0.6 is 11.8 Å². The monoisotopic (exact) mass is 286 g/mol. The Kier molecular flexibility index (Phi) is 8.14. The zero-order chi connectivity index (χ0) is 14.1. The predicted octanol–water partition coefficient (Wildman–Crippen LogP) is 1.82. The van der Waals surface area contributed by atoms with Gasteiger partial charge in [0.05, 0.1) is 11.8 Å². The minimum Gasteiger partial charge on any atom is -0.332 e. The van der Waals surface area contributed by atoms with Gasteiger partial charge in [-0.15, -0.1) is 0 Å². The van der Waals surface area contributed by atoms with Crippen LogP contribution in [0.15, 0.2) is 0 Å². The van der Waals surface area contributed by atoms with Crippen molar-refractivity contribution >= 4 is 24.0 Å². The lowest BCUT2D eigenvalue weighted by Crippen LogP contribution is -2.46. The second kappa shape index (κ2) is 9.37. The van der Waals surface area contributed by atoms with Crippen LogP contribution in [0.25, 0.3) is 0 Å². The summed E-state index contributed by atoms with van der Waals surface area (Å²) >= 11 is 1.53. The van der Waals surface area contributed by atoms with Gasteiger partial charge in [0.2, 0.25) is 6.41 Å². The first-order valence-electron chi connectivity index (χ1n) is 7.19. The zero-order valence-corrected chi connectivity index (χ0v) is 12.7. The highest BCUT2D eigenvalue weighted by Crippen LogP contribution is 2.26. The van der Waals surface area contributed by atoms with Crippen LogP contribution in [0.1, 0.15) is 44.9 Å². The molecule has 19 heavy (non-hydrogen) atoms. The molecular weight excluding hydrogens is 260 g/mol. The fourth-order valence-electron chi connectivity index (χ4n) is 2.81. The molecule has 110 valence electrons. The Hall–Kier alpha value is -0.550. The number of ketones is 1. The number of amides is 1. The van der Waals surface area contributed by atoms with Crippen LogP contribution in [0, 0.1) is 0 Å². The van der Waals surface area contributed by atoms with Crippen LogP contribution in [0.5, 0.6) is 0 Å². The van der Waals surface area contributed by atoms with Crippen molar-refractivity contribution in [3.05, 3.63) is 0 Å². The summed E-state index contributed by atoms with van der Waals surface area (Å²) in [5.74, 6) is 0.674. The zero-order valence-electron chi connectivity index (χ0n) is 11.8. The molecule has 0 aromatic carbocycles. The highest BCUT2D eigenvalue weighted by Gasteiger charge is 2.31. The van der Waals surface area contributed by atoms with E-state index in [9.17, 15) is 9.59 Å². The molecule has 0 spiro atoms. The Morgan fingerprint density at radius 2 is 2.11 bits per heavy atom. The Labute approximate surface area is 120 Å². The molecular formula is C14H26N2O2S. The molecule has 0 bridgehead atoms. The maximum Gasteiger partial charge on any atom is 0.210 e. The topological polar surface area (TPSA) is 63.4 Å². The number of nitrogens with zero attached hydrogens (tertiary/aromatic N) is 1. The van der Waals surface area contributed by atoms with Crippen LogP contribution in [-0.4, -0.2) is 47.7 Å². The molecule has 0 radical (unpaired) electrons. The van der Waals surface area contributed by atoms with Gasteiger partial charge in [0.25, 0.3) is 0 Å². The largest absolute Gasteiger partial charge is 0.332 e. The third kappa shape index (κ3) is 5.15. The van der Waals surface area contributed by atoms with Gasteiger partial charge in [-0.2, -0.15) is 11.8 Å². The fourth-order valence-corrected chi connectivity index (χ4v) is 3.29. The number of hydrogen-bond donors (Lipinski definition) is 1. The first-order chi connectivity index (χ1) is 9.24. The summed E-state index contributed by atoms with van der Waals surface area (Å²) in [5, 5.41) is 0. The van der Waals surface area contributed by atoms with E-state index in [-0.39, 0.29) is 17.9 Å². The van der Waals surface area contributed by atoms with Crippen molar-refractivity contribution in [3.63, 3.8) is 0 Å². The van der Waals surface area contributed by atoms with Gasteiger partial charge in [-0.3, -0.25) is 9.59 Å². The highest BCUT2D eigenvalue weighted by atomic mass is 32.2. The number of Topliss-reactive ketones (excluding diaryl/α,β-unsaturated/α-hetero) is 1. The number of carbonyl (C=O) groups is 2. The summed E-state index contributed by atoms with van der Waals surface area (Å²) in [5.41, 5.74) is 5.51. The lowest BCUT2D eigenvalue weighted by Gasteiger charge is -2.32. The summed E-state index contributed by atoms with van der Waals surface area (Å²) in [4.78, 5) is 25.5. The highest BCUT2D eigenvalue weighted by molar-refractivity contribution is 7.99. The van der Waals surface area contributed by atoms with Crippen molar-refractivity contribution in [3.8, 4) is 0 Å². The molecule has 1 aliphatic carbocycles. The van der Waals surface area contributed by atoms with Gasteiger partial charge in [0, 0.05) is 6.04 Å². The number of carbonyl (C=O) groups excluding carboxylic acids is 2. The summed E-state index contributed by atoms with van der Waals surface area (Å²) in [7, 11) is 0. The molecule has 0 heterocycles. The molecule has 4 nitrogen and oxygen atoms in total. The molecule has 1 atom stereocenters. The van der Waals surface area contributed by atoms with Gasteiger partial charge < -0.3 is 10.6 Å². The van der Waals surface area contributed by atoms with Crippen LogP contribution in [0.4, 0.5) is 0 Å². The molecule has 0 aliphatic heterocycles. The van der Waals surface area contributed by atoms with Crippen molar-refractivity contribution in [2.45, 2.75) is 57.0 Å². The number of unbranched alkanes of at least 4 members (excludes halogenated alkanes) is 1. The summed E-state index contributed by atoms with van der Waals surface area (Å²) in [6.45, 7) is 0.647. The quantitative estimate of drug-likeness (QED) is 0.491. The minimum absolute atomic E-state index is 0.184. The number of nitrogens with two attached hydrogens (primary N) is 1. The average molecular weight is 286 g/mol. The average Bonchev–Trinajstić information content (AvgIpc) is 2.92. The molecule has 5 heteroatoms. The van der Waals surface area contributed by atoms with Gasteiger partial charge in [-0.1, -0.05) is 12.8 Å². The smallest absolute Gasteiger partial charge is 0.210 e. The van der Waals surface area contributed by atoms with Gasteiger partial charge in [0.15, 0.2) is 5.78 Å². The Morgan fingerprint density at radius 3 is 2.63 bits per heavy atom. The molecule has 0 unspecified atom stereocenters. The normalized spacial score (nSPS) is 17.4. The van der Waals surface area contributed by atoms with E-state index >= 15 is 0 Å². The minimum atomic E-state index is -0.236. The van der Waals surface area contributed by atoms with Crippen molar-refractivity contribution in [1.82, 2.24) is 4.90 Å². The third-order valence-corrected chi connectivity index (χ3v) is 4.39. The predicted molar refractivity (Wildman–Crippen MR) is 80.2 cm³/mol. The number of hydrogen-bond acceptors (Lipinski definition) is 4. The van der Waals surface area contributed by atoms with E-state index in [0.717, 1.165) is 38.5 Å². The second-order valence-electron chi connectivity index (χ2n) is 5.19. The van der Waals surface area contributed by atoms with Gasteiger partial charge in [0.1, 0.15) is 0 Å². The molecule has 1 rings (SSSR count). The van der Waals surface area contributed by atoms with Crippen molar-refractivity contribution in [2.24, 2.45) is 5.73 Å². The van der Waals surface area contributed by atoms with E-state index in [1.54, 1.807) is 4.90 Å². The first kappa shape index (κ1) is 16.5. The fraction of sp³-hybridized carbons (Fsp3) is 0.857. The maximum atomic E-state index is 12.2. The van der Waals surface area contributed by atoms with Crippen LogP contribution in [0.2, 0.25) is 0 Å². The molecule has 0 aromatic heterocycles. The molecule has 1 saturated carbocycles. The molecule has 0 saturated heterocycles. The Morgan fingerprint density at radius 1 is 1.42 bits per heavy atom. The van der Waals surface area contributed by atoms with E-state index in [1.165, 1.54) is 24.6 Å². The first-order valence-corrected chi connectivity index (χ1v) is 8.58. The molecule has 2 N–H and O–H groups in total. The molecule has 1 aliphatic rings. The summed E-state index contributed by atoms with van der Waals surface area (Å²) < 4.78 is 0.